The number of hydrogen-bond acceptors (Lipinski definition) is 12. The molecule has 13 heteroatoms. The monoisotopic (exact) mass is 1110 g/mol. The highest BCUT2D eigenvalue weighted by molar-refractivity contribution is 5.81. The molecule has 0 saturated heterocycles. The lowest BCUT2D eigenvalue weighted by Gasteiger charge is -2.28. The molecule has 0 heterocycles. The van der Waals surface area contributed by atoms with Crippen LogP contribution in [0.4, 0.5) is 0 Å². The Morgan fingerprint density at radius 1 is 0.333 bits per heavy atom. The zero-order valence-electron chi connectivity index (χ0n) is 51.8. The number of nitrogens with zero attached hydrogens (tertiary/aromatic N) is 1. The smallest absolute Gasteiger partial charge is 0.308 e. The lowest BCUT2D eigenvalue weighted by Crippen LogP contribution is -2.45. The van der Waals surface area contributed by atoms with Gasteiger partial charge in [-0.05, 0) is 70.6 Å². The maximum absolute atomic E-state index is 14.4. The number of rotatable bonds is 65. The van der Waals surface area contributed by atoms with E-state index in [2.05, 4.69) is 34.6 Å². The van der Waals surface area contributed by atoms with Gasteiger partial charge in [0.1, 0.15) is 0 Å². The Morgan fingerprint density at radius 2 is 0.667 bits per heavy atom. The minimum absolute atomic E-state index is 0.00222. The number of carbonyl (C=O) groups is 3. The molecule has 0 aromatic heterocycles. The van der Waals surface area contributed by atoms with Gasteiger partial charge in [0.25, 0.3) is 5.91 Å². The topological polar surface area (TPSA) is 149 Å². The molecule has 1 amide bonds. The largest absolute Gasteiger partial charge is 0.465 e. The summed E-state index contributed by atoms with van der Waals surface area (Å²) in [5.74, 6) is -0.0209. The first-order valence-electron chi connectivity index (χ1n) is 33.1. The molecule has 0 saturated carbocycles. The molecule has 0 aliphatic heterocycles. The molecule has 3 unspecified atom stereocenters. The minimum Gasteiger partial charge on any atom is -0.465 e. The molecule has 1 N–H and O–H groups in total. The summed E-state index contributed by atoms with van der Waals surface area (Å²) in [7, 11) is 0. The normalized spacial score (nSPS) is 12.7. The SMILES string of the molecule is CCCCCCCCC(CCCCCC)C(=O)OCCCCCCOCC(OCCCCCCOC(=O)C(CCCCCC)CCCCCCCC)C(=O)N(CCCCCCCC)CCOCCOCCOCCOCCO. The quantitative estimate of drug-likeness (QED) is 0.0456. The third-order valence-electron chi connectivity index (χ3n) is 14.8. The molecule has 78 heavy (non-hydrogen) atoms. The fraction of sp³-hybridized carbons (Fsp3) is 0.954. The summed E-state index contributed by atoms with van der Waals surface area (Å²) < 4.78 is 46.7. The van der Waals surface area contributed by atoms with Crippen LogP contribution in [0, 0.1) is 11.8 Å². The Bertz CT molecular complexity index is 1240. The lowest BCUT2D eigenvalue weighted by molar-refractivity contribution is -0.150. The van der Waals surface area contributed by atoms with Gasteiger partial charge in [0, 0.05) is 26.3 Å². The second kappa shape index (κ2) is 62.7. The number of amides is 1. The molecule has 0 radical (unpaired) electrons. The summed E-state index contributed by atoms with van der Waals surface area (Å²) in [6.45, 7) is 17.7. The standard InChI is InChI=1S/C65H127NO12/c1-6-11-16-21-24-33-42-60(40-31-19-14-9-4)64(69)77-49-38-28-27-36-47-75-59-62(76-48-37-29-30-39-50-78-65(70)61(41-32-20-15-10-5)43-34-25-22-17-12-7-2)63(68)66(44-35-26-23-18-13-8-3)45-51-71-53-55-73-57-58-74-56-54-72-52-46-67/h60-62,67H,6-59H2,1-5H3. The molecule has 0 aromatic carbocycles. The third-order valence-corrected chi connectivity index (χ3v) is 14.8. The van der Waals surface area contributed by atoms with Crippen LogP contribution in [0.15, 0.2) is 0 Å². The zero-order valence-corrected chi connectivity index (χ0v) is 51.8. The van der Waals surface area contributed by atoms with Crippen LogP contribution < -0.4 is 0 Å². The Balaban J connectivity index is 5.34. The van der Waals surface area contributed by atoms with E-state index in [0.29, 0.717) is 92.4 Å². The summed E-state index contributed by atoms with van der Waals surface area (Å²) in [4.78, 5) is 42.6. The molecule has 0 spiro atoms. The molecule has 3 atom stereocenters. The Morgan fingerprint density at radius 3 is 1.09 bits per heavy atom. The van der Waals surface area contributed by atoms with Gasteiger partial charge in [0.05, 0.1) is 91.1 Å². The van der Waals surface area contributed by atoms with Gasteiger partial charge in [0.15, 0.2) is 6.10 Å². The van der Waals surface area contributed by atoms with Crippen molar-refractivity contribution in [3.63, 3.8) is 0 Å². The fourth-order valence-electron chi connectivity index (χ4n) is 9.76. The van der Waals surface area contributed by atoms with E-state index < -0.39 is 6.10 Å². The van der Waals surface area contributed by atoms with E-state index in [1.165, 1.54) is 122 Å². The molecular weight excluding hydrogens is 987 g/mol. The van der Waals surface area contributed by atoms with Gasteiger partial charge < -0.3 is 47.9 Å². The van der Waals surface area contributed by atoms with Crippen LogP contribution in [0.3, 0.4) is 0 Å². The molecule has 0 bridgehead atoms. The molecule has 0 rings (SSSR count). The first kappa shape index (κ1) is 76.1. The van der Waals surface area contributed by atoms with Crippen molar-refractivity contribution >= 4 is 17.8 Å². The second-order valence-corrected chi connectivity index (χ2v) is 22.1. The summed E-state index contributed by atoms with van der Waals surface area (Å²) in [6.07, 6.45) is 41.1. The van der Waals surface area contributed by atoms with Gasteiger partial charge in [-0.1, -0.05) is 208 Å². The number of aliphatic hydroxyl groups is 1. The second-order valence-electron chi connectivity index (χ2n) is 22.1. The molecular formula is C65H127NO12. The van der Waals surface area contributed by atoms with Crippen molar-refractivity contribution in [3.8, 4) is 0 Å². The van der Waals surface area contributed by atoms with Gasteiger partial charge >= 0.3 is 11.9 Å². The van der Waals surface area contributed by atoms with Crippen LogP contribution in [0.2, 0.25) is 0 Å². The summed E-state index contributed by atoms with van der Waals surface area (Å²) >= 11 is 0. The van der Waals surface area contributed by atoms with Crippen LogP contribution in [-0.2, 0) is 52.3 Å². The number of esters is 2. The minimum atomic E-state index is -0.713. The van der Waals surface area contributed by atoms with Crippen molar-refractivity contribution in [1.29, 1.82) is 0 Å². The van der Waals surface area contributed by atoms with Crippen molar-refractivity contribution in [3.05, 3.63) is 0 Å². The molecule has 0 aliphatic carbocycles. The number of aliphatic hydroxyl groups excluding tert-OH is 1. The number of hydrogen-bond donors (Lipinski definition) is 1. The summed E-state index contributed by atoms with van der Waals surface area (Å²) in [6, 6.07) is 0. The van der Waals surface area contributed by atoms with Gasteiger partial charge in [-0.25, -0.2) is 0 Å². The number of carbonyl (C=O) groups excluding carboxylic acids is 3. The predicted molar refractivity (Wildman–Crippen MR) is 320 cm³/mol. The Labute approximate surface area is 480 Å². The van der Waals surface area contributed by atoms with Gasteiger partial charge in [-0.3, -0.25) is 14.4 Å². The van der Waals surface area contributed by atoms with Crippen molar-refractivity contribution < 1.29 is 57.4 Å². The van der Waals surface area contributed by atoms with Crippen LogP contribution >= 0.6 is 0 Å². The molecule has 0 aromatic rings. The van der Waals surface area contributed by atoms with Crippen molar-refractivity contribution in [2.45, 2.75) is 285 Å². The first-order chi connectivity index (χ1) is 38.4. The highest BCUT2D eigenvalue weighted by Crippen LogP contribution is 2.23. The lowest BCUT2D eigenvalue weighted by atomic mass is 9.94. The van der Waals surface area contributed by atoms with E-state index in [4.69, 9.17) is 43.0 Å². The third kappa shape index (κ3) is 51.0. The molecule has 464 valence electrons. The van der Waals surface area contributed by atoms with Crippen LogP contribution in [-0.4, -0.2) is 140 Å². The van der Waals surface area contributed by atoms with Crippen molar-refractivity contribution in [1.82, 2.24) is 4.90 Å². The Kier molecular flexibility index (Phi) is 61.2. The van der Waals surface area contributed by atoms with Crippen LogP contribution in [0.25, 0.3) is 0 Å². The van der Waals surface area contributed by atoms with E-state index in [9.17, 15) is 14.4 Å². The fourth-order valence-corrected chi connectivity index (χ4v) is 9.76. The van der Waals surface area contributed by atoms with E-state index in [-0.39, 0.29) is 42.9 Å². The van der Waals surface area contributed by atoms with E-state index in [1.807, 2.05) is 4.90 Å². The Hall–Kier alpha value is -1.87. The van der Waals surface area contributed by atoms with E-state index in [1.54, 1.807) is 0 Å². The summed E-state index contributed by atoms with van der Waals surface area (Å²) in [5.41, 5.74) is 0. The molecule has 0 fully saturated rings. The summed E-state index contributed by atoms with van der Waals surface area (Å²) in [5, 5.41) is 8.82. The predicted octanol–water partition coefficient (Wildman–Crippen LogP) is 15.5. The maximum atomic E-state index is 14.4. The highest BCUT2D eigenvalue weighted by atomic mass is 16.6. The van der Waals surface area contributed by atoms with Crippen LogP contribution in [0.5, 0.6) is 0 Å². The van der Waals surface area contributed by atoms with E-state index >= 15 is 0 Å². The highest BCUT2D eigenvalue weighted by Gasteiger charge is 2.26. The average Bonchev–Trinajstić information content (AvgIpc) is 3.44. The molecule has 0 aliphatic rings. The van der Waals surface area contributed by atoms with Gasteiger partial charge in [-0.2, -0.15) is 0 Å². The van der Waals surface area contributed by atoms with Gasteiger partial charge in [-0.15, -0.1) is 0 Å². The maximum Gasteiger partial charge on any atom is 0.308 e. The number of ether oxygens (including phenoxy) is 8. The molecule has 13 nitrogen and oxygen atoms in total. The van der Waals surface area contributed by atoms with Crippen molar-refractivity contribution in [2.24, 2.45) is 11.8 Å². The first-order valence-corrected chi connectivity index (χ1v) is 33.1. The van der Waals surface area contributed by atoms with Crippen LogP contribution in [0.1, 0.15) is 279 Å². The van der Waals surface area contributed by atoms with Crippen molar-refractivity contribution in [2.75, 3.05) is 106 Å². The number of unbranched alkanes of at least 4 members (excludes halogenated alkanes) is 27. The zero-order chi connectivity index (χ0) is 56.9. The van der Waals surface area contributed by atoms with E-state index in [0.717, 1.165) is 122 Å². The van der Waals surface area contributed by atoms with Gasteiger partial charge in [0.2, 0.25) is 0 Å². The average molecular weight is 1110 g/mol.